The van der Waals surface area contributed by atoms with Crippen LogP contribution in [0, 0.1) is 0 Å². The molecule has 22 heavy (non-hydrogen) atoms. The van der Waals surface area contributed by atoms with Gasteiger partial charge in [0.25, 0.3) is 5.91 Å². The lowest BCUT2D eigenvalue weighted by atomic mass is 10.1. The smallest absolute Gasteiger partial charge is 0.277 e. The molecule has 1 amide bonds. The highest BCUT2D eigenvalue weighted by atomic mass is 16.5. The van der Waals surface area contributed by atoms with Crippen LogP contribution in [0.5, 0.6) is 5.75 Å². The van der Waals surface area contributed by atoms with E-state index in [1.165, 1.54) is 0 Å². The number of ether oxygens (including phenoxy) is 1. The van der Waals surface area contributed by atoms with Crippen molar-refractivity contribution in [1.29, 1.82) is 0 Å². The van der Waals surface area contributed by atoms with Crippen molar-refractivity contribution in [2.45, 2.75) is 19.9 Å². The minimum atomic E-state index is -0.0491. The van der Waals surface area contributed by atoms with Gasteiger partial charge in [-0.1, -0.05) is 18.2 Å². The maximum absolute atomic E-state index is 12.7. The Balaban J connectivity index is 2.06. The number of hydrogen-bond donors (Lipinski definition) is 0. The van der Waals surface area contributed by atoms with Gasteiger partial charge in [0.05, 0.1) is 18.5 Å². The molecule has 112 valence electrons. The molecule has 0 saturated heterocycles. The van der Waals surface area contributed by atoms with Crippen LogP contribution in [-0.4, -0.2) is 24.8 Å². The Morgan fingerprint density at radius 3 is 2.36 bits per heavy atom. The summed E-state index contributed by atoms with van der Waals surface area (Å²) in [4.78, 5) is 19.0. The fourth-order valence-electron chi connectivity index (χ4n) is 2.63. The topological polar surface area (TPSA) is 41.9 Å². The molecule has 1 heterocycles. The van der Waals surface area contributed by atoms with Gasteiger partial charge in [-0.05, 0) is 44.2 Å². The number of methoxy groups -OCH3 is 1. The van der Waals surface area contributed by atoms with Crippen molar-refractivity contribution in [2.75, 3.05) is 12.0 Å². The van der Waals surface area contributed by atoms with Crippen molar-refractivity contribution < 1.29 is 9.53 Å². The predicted octanol–water partition coefficient (Wildman–Crippen LogP) is 3.57. The van der Waals surface area contributed by atoms with Crippen LogP contribution in [0.1, 0.15) is 19.4 Å². The van der Waals surface area contributed by atoms with Gasteiger partial charge in [0.2, 0.25) is 0 Å². The number of amides is 1. The quantitative estimate of drug-likeness (QED) is 0.868. The molecule has 0 unspecified atom stereocenters. The zero-order chi connectivity index (χ0) is 15.7. The summed E-state index contributed by atoms with van der Waals surface area (Å²) in [5.74, 6) is 0.720. The molecule has 2 aromatic rings. The number of rotatable bonds is 3. The zero-order valence-electron chi connectivity index (χ0n) is 12.9. The van der Waals surface area contributed by atoms with E-state index >= 15 is 0 Å². The van der Waals surface area contributed by atoms with E-state index in [2.05, 4.69) is 4.99 Å². The van der Waals surface area contributed by atoms with Gasteiger partial charge in [-0.15, -0.1) is 0 Å². The minimum absolute atomic E-state index is 0.0491. The zero-order valence-corrected chi connectivity index (χ0v) is 12.9. The second-order valence-corrected chi connectivity index (χ2v) is 5.44. The fraction of sp³-hybridized carbons (Fsp3) is 0.222. The lowest BCUT2D eigenvalue weighted by molar-refractivity contribution is -0.112. The third-order valence-electron chi connectivity index (χ3n) is 3.67. The molecule has 1 aliphatic rings. The van der Waals surface area contributed by atoms with Gasteiger partial charge in [0.15, 0.2) is 0 Å². The summed E-state index contributed by atoms with van der Waals surface area (Å²) >= 11 is 0. The number of benzene rings is 2. The number of aliphatic imine (C=N–C) groups is 1. The number of carbonyl (C=O) groups excluding carboxylic acids is 1. The number of hydrogen-bond acceptors (Lipinski definition) is 3. The Kier molecular flexibility index (Phi) is 3.67. The molecular formula is C18H18N2O2. The molecule has 3 rings (SSSR count). The van der Waals surface area contributed by atoms with Gasteiger partial charge in [0, 0.05) is 11.6 Å². The lowest BCUT2D eigenvalue weighted by Crippen LogP contribution is -2.35. The molecule has 0 fully saturated rings. The van der Waals surface area contributed by atoms with Crippen molar-refractivity contribution in [3.8, 4) is 5.75 Å². The maximum Gasteiger partial charge on any atom is 0.277 e. The Labute approximate surface area is 130 Å². The van der Waals surface area contributed by atoms with Crippen LogP contribution in [-0.2, 0) is 4.79 Å². The number of nitrogens with zero attached hydrogens (tertiary/aromatic N) is 2. The van der Waals surface area contributed by atoms with Crippen LogP contribution in [0.2, 0.25) is 0 Å². The molecule has 0 radical (unpaired) electrons. The van der Waals surface area contributed by atoms with Crippen LogP contribution in [0.3, 0.4) is 0 Å². The van der Waals surface area contributed by atoms with E-state index in [1.807, 2.05) is 62.4 Å². The molecule has 4 nitrogen and oxygen atoms in total. The summed E-state index contributed by atoms with van der Waals surface area (Å²) in [5, 5.41) is 0. The molecule has 2 aromatic carbocycles. The van der Waals surface area contributed by atoms with Gasteiger partial charge in [-0.2, -0.15) is 0 Å². The number of carbonyl (C=O) groups is 1. The highest BCUT2D eigenvalue weighted by Crippen LogP contribution is 2.32. The third kappa shape index (κ3) is 2.37. The molecule has 0 atom stereocenters. The van der Waals surface area contributed by atoms with Crippen LogP contribution >= 0.6 is 0 Å². The molecule has 0 bridgehead atoms. The summed E-state index contributed by atoms with van der Waals surface area (Å²) in [5.41, 5.74) is 3.05. The summed E-state index contributed by atoms with van der Waals surface area (Å²) in [6.45, 7) is 4.01. The summed E-state index contributed by atoms with van der Waals surface area (Å²) < 4.78 is 5.14. The van der Waals surface area contributed by atoms with Crippen LogP contribution in [0.4, 0.5) is 11.4 Å². The number of anilines is 1. The first-order valence-electron chi connectivity index (χ1n) is 7.27. The van der Waals surface area contributed by atoms with Crippen molar-refractivity contribution >= 4 is 23.0 Å². The Morgan fingerprint density at radius 2 is 1.73 bits per heavy atom. The van der Waals surface area contributed by atoms with Crippen molar-refractivity contribution in [1.82, 2.24) is 0 Å². The normalized spacial score (nSPS) is 15.5. The number of para-hydroxylation sites is 1. The standard InChI is InChI=1S/C18H18N2O2/c1-12(2)20-16-7-5-4-6-15(16)17(18(20)21)19-13-8-10-14(22-3)11-9-13/h4-12H,1-3H3. The average molecular weight is 294 g/mol. The van der Waals surface area contributed by atoms with Crippen molar-refractivity contribution in [2.24, 2.45) is 4.99 Å². The predicted molar refractivity (Wildman–Crippen MR) is 88.3 cm³/mol. The van der Waals surface area contributed by atoms with Crippen molar-refractivity contribution in [3.63, 3.8) is 0 Å². The van der Waals surface area contributed by atoms with Gasteiger partial charge in [-0.3, -0.25) is 4.79 Å². The van der Waals surface area contributed by atoms with Crippen LogP contribution in [0.15, 0.2) is 53.5 Å². The minimum Gasteiger partial charge on any atom is -0.497 e. The summed E-state index contributed by atoms with van der Waals surface area (Å²) in [6, 6.07) is 15.2. The number of fused-ring (bicyclic) bond motifs is 1. The maximum atomic E-state index is 12.7. The summed E-state index contributed by atoms with van der Waals surface area (Å²) in [6.07, 6.45) is 0. The highest BCUT2D eigenvalue weighted by Gasteiger charge is 2.35. The van der Waals surface area contributed by atoms with E-state index < -0.39 is 0 Å². The molecule has 1 aliphatic heterocycles. The van der Waals surface area contributed by atoms with Gasteiger partial charge in [-0.25, -0.2) is 4.99 Å². The van der Waals surface area contributed by atoms with E-state index in [0.29, 0.717) is 5.71 Å². The van der Waals surface area contributed by atoms with E-state index in [9.17, 15) is 4.79 Å². The first kappa shape index (κ1) is 14.3. The lowest BCUT2D eigenvalue weighted by Gasteiger charge is -2.20. The largest absolute Gasteiger partial charge is 0.497 e. The molecule has 0 aliphatic carbocycles. The van der Waals surface area contributed by atoms with Gasteiger partial charge >= 0.3 is 0 Å². The van der Waals surface area contributed by atoms with E-state index in [4.69, 9.17) is 4.74 Å². The monoisotopic (exact) mass is 294 g/mol. The average Bonchev–Trinajstić information content (AvgIpc) is 2.81. The Bertz CT molecular complexity index is 733. The highest BCUT2D eigenvalue weighted by molar-refractivity contribution is 6.54. The Hall–Kier alpha value is -2.62. The first-order valence-corrected chi connectivity index (χ1v) is 7.27. The Morgan fingerprint density at radius 1 is 1.05 bits per heavy atom. The van der Waals surface area contributed by atoms with Crippen LogP contribution < -0.4 is 9.64 Å². The van der Waals surface area contributed by atoms with E-state index in [0.717, 1.165) is 22.7 Å². The second-order valence-electron chi connectivity index (χ2n) is 5.44. The van der Waals surface area contributed by atoms with E-state index in [-0.39, 0.29) is 11.9 Å². The summed E-state index contributed by atoms with van der Waals surface area (Å²) in [7, 11) is 1.62. The van der Waals surface area contributed by atoms with Crippen molar-refractivity contribution in [3.05, 3.63) is 54.1 Å². The van der Waals surface area contributed by atoms with E-state index in [1.54, 1.807) is 12.0 Å². The van der Waals surface area contributed by atoms with Gasteiger partial charge in [0.1, 0.15) is 11.5 Å². The molecule has 0 saturated carbocycles. The third-order valence-corrected chi connectivity index (χ3v) is 3.67. The van der Waals surface area contributed by atoms with Gasteiger partial charge < -0.3 is 9.64 Å². The molecule has 0 N–H and O–H groups in total. The van der Waals surface area contributed by atoms with Crippen LogP contribution in [0.25, 0.3) is 0 Å². The molecule has 0 spiro atoms. The molecule has 4 heteroatoms. The molecule has 0 aromatic heterocycles. The second kappa shape index (κ2) is 5.64. The first-order chi connectivity index (χ1) is 10.6. The molecular weight excluding hydrogens is 276 g/mol. The SMILES string of the molecule is COc1ccc(N=C2C(=O)N(C(C)C)c3ccccc32)cc1. The fourth-order valence-corrected chi connectivity index (χ4v) is 2.63.